The molecule has 0 aliphatic carbocycles. The van der Waals surface area contributed by atoms with E-state index in [4.69, 9.17) is 32.7 Å². The van der Waals surface area contributed by atoms with Gasteiger partial charge in [0.25, 0.3) is 11.8 Å². The zero-order chi connectivity index (χ0) is 43.3. The Morgan fingerprint density at radius 3 is 1.48 bits per heavy atom. The molecule has 0 saturated carbocycles. The van der Waals surface area contributed by atoms with Gasteiger partial charge in [-0.2, -0.15) is 10.2 Å². The summed E-state index contributed by atoms with van der Waals surface area (Å²) >= 11 is 12.4. The number of aldehydes is 1. The van der Waals surface area contributed by atoms with E-state index < -0.39 is 0 Å². The zero-order valence-electron chi connectivity index (χ0n) is 34.4. The molecule has 0 radical (unpaired) electrons. The van der Waals surface area contributed by atoms with Gasteiger partial charge in [0.2, 0.25) is 0 Å². The molecule has 312 valence electrons. The molecule has 13 nitrogen and oxygen atoms in total. The van der Waals surface area contributed by atoms with Crippen LogP contribution in [-0.2, 0) is 13.1 Å². The third-order valence-electron chi connectivity index (χ3n) is 8.68. The second-order valence-electron chi connectivity index (χ2n) is 14.8. The van der Waals surface area contributed by atoms with E-state index in [0.29, 0.717) is 77.4 Å². The van der Waals surface area contributed by atoms with Gasteiger partial charge in [0.15, 0.2) is 17.7 Å². The first-order valence-corrected chi connectivity index (χ1v) is 20.0. The lowest BCUT2D eigenvalue weighted by Gasteiger charge is -2.14. The maximum Gasteiger partial charge on any atom is 0.277 e. The minimum Gasteiger partial charge on any atom is -0.493 e. The quantitative estimate of drug-likeness (QED) is 0.0906. The van der Waals surface area contributed by atoms with Crippen LogP contribution in [0, 0.1) is 25.7 Å². The summed E-state index contributed by atoms with van der Waals surface area (Å²) in [6, 6.07) is 21.2. The second kappa shape index (κ2) is 21.1. The highest BCUT2D eigenvalue weighted by atomic mass is 35.5. The molecule has 0 unspecified atom stereocenters. The maximum atomic E-state index is 12.6. The van der Waals surface area contributed by atoms with Crippen LogP contribution in [0.4, 0.5) is 11.6 Å². The van der Waals surface area contributed by atoms with Crippen molar-refractivity contribution in [3.8, 4) is 11.5 Å². The van der Waals surface area contributed by atoms with Crippen LogP contribution in [0.15, 0.2) is 91.8 Å². The number of nitrogens with one attached hydrogen (secondary N) is 2. The van der Waals surface area contributed by atoms with E-state index in [1.807, 2.05) is 44.2 Å². The maximum absolute atomic E-state index is 12.6. The van der Waals surface area contributed by atoms with Gasteiger partial charge < -0.3 is 20.1 Å². The van der Waals surface area contributed by atoms with Crippen molar-refractivity contribution in [1.82, 2.24) is 29.5 Å². The van der Waals surface area contributed by atoms with Gasteiger partial charge in [-0.25, -0.2) is 9.97 Å². The number of rotatable bonds is 16. The Morgan fingerprint density at radius 1 is 0.683 bits per heavy atom. The van der Waals surface area contributed by atoms with Crippen molar-refractivity contribution in [3.05, 3.63) is 147 Å². The van der Waals surface area contributed by atoms with Gasteiger partial charge in [-0.15, -0.1) is 0 Å². The SMILES string of the molecule is C=Cc1ccc(NC(=O)c2cc(C)n(Cc3cc(Cl)ccc3OCC(C)C)n2)nc1.Cc1cc(C(=O)Nc2ccc(C=O)cn2)nn1Cc1cc(Cl)ccc1OCC(C)C. The summed E-state index contributed by atoms with van der Waals surface area (Å²) in [7, 11) is 0. The predicted molar refractivity (Wildman–Crippen MR) is 236 cm³/mol. The predicted octanol–water partition coefficient (Wildman–Crippen LogP) is 9.61. The minimum absolute atomic E-state index is 0.264. The third-order valence-corrected chi connectivity index (χ3v) is 9.16. The van der Waals surface area contributed by atoms with Crippen molar-refractivity contribution < 1.29 is 23.9 Å². The number of amides is 2. The molecule has 2 amide bonds. The summed E-state index contributed by atoms with van der Waals surface area (Å²) in [5.41, 5.74) is 5.35. The van der Waals surface area contributed by atoms with E-state index in [1.54, 1.807) is 64.1 Å². The summed E-state index contributed by atoms with van der Waals surface area (Å²) in [4.78, 5) is 44.1. The molecule has 0 fully saturated rings. The highest BCUT2D eigenvalue weighted by Gasteiger charge is 2.17. The van der Waals surface area contributed by atoms with Crippen LogP contribution in [-0.4, -0.2) is 60.8 Å². The van der Waals surface area contributed by atoms with Gasteiger partial charge in [0.1, 0.15) is 23.1 Å². The number of aromatic nitrogens is 6. The van der Waals surface area contributed by atoms with Crippen molar-refractivity contribution >= 4 is 59.0 Å². The van der Waals surface area contributed by atoms with Crippen LogP contribution in [0.1, 0.15) is 87.1 Å². The first-order valence-electron chi connectivity index (χ1n) is 19.2. The second-order valence-corrected chi connectivity index (χ2v) is 15.6. The molecule has 60 heavy (non-hydrogen) atoms. The molecular formula is C45H48Cl2N8O5. The van der Waals surface area contributed by atoms with Crippen LogP contribution < -0.4 is 20.1 Å². The van der Waals surface area contributed by atoms with Gasteiger partial charge in [-0.1, -0.05) is 63.6 Å². The first kappa shape index (κ1) is 44.8. The van der Waals surface area contributed by atoms with E-state index >= 15 is 0 Å². The number of anilines is 2. The molecule has 2 aromatic carbocycles. The summed E-state index contributed by atoms with van der Waals surface area (Å²) in [5, 5.41) is 15.6. The molecule has 6 rings (SSSR count). The van der Waals surface area contributed by atoms with Crippen LogP contribution in [0.5, 0.6) is 11.5 Å². The van der Waals surface area contributed by atoms with E-state index in [2.05, 4.69) is 65.1 Å². The summed E-state index contributed by atoms with van der Waals surface area (Å²) in [6.07, 6.45) is 5.42. The number of halogens is 2. The molecule has 4 heterocycles. The molecule has 0 bridgehead atoms. The number of aryl methyl sites for hydroxylation is 2. The van der Waals surface area contributed by atoms with Crippen LogP contribution in [0.2, 0.25) is 10.0 Å². The largest absolute Gasteiger partial charge is 0.493 e. The van der Waals surface area contributed by atoms with E-state index in [-0.39, 0.29) is 17.5 Å². The topological polar surface area (TPSA) is 155 Å². The fourth-order valence-electron chi connectivity index (χ4n) is 5.53. The lowest BCUT2D eigenvalue weighted by Crippen LogP contribution is -2.15. The fourth-order valence-corrected chi connectivity index (χ4v) is 5.92. The molecule has 0 spiro atoms. The van der Waals surface area contributed by atoms with Crippen molar-refractivity contribution in [3.63, 3.8) is 0 Å². The van der Waals surface area contributed by atoms with Crippen molar-refractivity contribution in [1.29, 1.82) is 0 Å². The zero-order valence-corrected chi connectivity index (χ0v) is 35.9. The molecular weight excluding hydrogens is 803 g/mol. The Morgan fingerprint density at radius 2 is 1.12 bits per heavy atom. The van der Waals surface area contributed by atoms with Crippen LogP contribution >= 0.6 is 23.2 Å². The minimum atomic E-state index is -0.384. The Hall–Kier alpha value is -6.31. The Bertz CT molecular complexity index is 2260. The molecule has 0 aliphatic heterocycles. The van der Waals surface area contributed by atoms with E-state index in [0.717, 1.165) is 39.6 Å². The van der Waals surface area contributed by atoms with Gasteiger partial charge in [0.05, 0.1) is 26.3 Å². The molecule has 15 heteroatoms. The lowest BCUT2D eigenvalue weighted by molar-refractivity contribution is 0.101. The average Bonchev–Trinajstić information content (AvgIpc) is 3.78. The van der Waals surface area contributed by atoms with E-state index in [9.17, 15) is 14.4 Å². The highest BCUT2D eigenvalue weighted by molar-refractivity contribution is 6.31. The molecule has 0 saturated heterocycles. The van der Waals surface area contributed by atoms with Crippen LogP contribution in [0.3, 0.4) is 0 Å². The van der Waals surface area contributed by atoms with Crippen molar-refractivity contribution in [2.24, 2.45) is 11.8 Å². The Balaban J connectivity index is 0.000000228. The summed E-state index contributed by atoms with van der Waals surface area (Å²) < 4.78 is 15.3. The summed E-state index contributed by atoms with van der Waals surface area (Å²) in [5.74, 6) is 2.40. The number of carbonyl (C=O) groups excluding carboxylic acids is 3. The first-order chi connectivity index (χ1) is 28.7. The molecule has 0 aliphatic rings. The van der Waals surface area contributed by atoms with Crippen LogP contribution in [0.25, 0.3) is 6.08 Å². The third kappa shape index (κ3) is 12.8. The van der Waals surface area contributed by atoms with Crippen molar-refractivity contribution in [2.75, 3.05) is 23.8 Å². The van der Waals surface area contributed by atoms with Gasteiger partial charge in [-0.05, 0) is 104 Å². The molecule has 2 N–H and O–H groups in total. The highest BCUT2D eigenvalue weighted by Crippen LogP contribution is 2.27. The normalized spacial score (nSPS) is 10.8. The number of nitrogens with zero attached hydrogens (tertiary/aromatic N) is 6. The number of pyridine rings is 2. The van der Waals surface area contributed by atoms with Gasteiger partial charge in [-0.3, -0.25) is 23.7 Å². The van der Waals surface area contributed by atoms with Crippen molar-refractivity contribution in [2.45, 2.75) is 54.6 Å². The average molecular weight is 852 g/mol. The molecule has 4 aromatic heterocycles. The standard InChI is InChI=1S/C23H25ClN4O2.C22H23ClN4O3/c1-5-17-6-9-22(25-12-17)26-23(29)20-10-16(4)28(27-20)13-18-11-19(24)7-8-21(18)30-14-15(2)3;1-14(2)13-30-20-6-5-18(23)9-17(20)11-27-15(3)8-19(26-27)22(29)25-21-7-4-16(12-28)10-24-21/h5-12,15H,1,13-14H2,2-4H3,(H,25,26,29);4-10,12,14H,11,13H2,1-3H3,(H,24,25,29). The number of carbonyl (C=O) groups is 3. The lowest BCUT2D eigenvalue weighted by atomic mass is 10.2. The van der Waals surface area contributed by atoms with Gasteiger partial charge >= 0.3 is 0 Å². The number of hydrogen-bond acceptors (Lipinski definition) is 9. The number of ether oxygens (including phenoxy) is 2. The molecule has 0 atom stereocenters. The Kier molecular flexibility index (Phi) is 15.7. The Labute approximate surface area is 359 Å². The summed E-state index contributed by atoms with van der Waals surface area (Å²) in [6.45, 7) is 17.9. The molecule has 6 aromatic rings. The van der Waals surface area contributed by atoms with E-state index in [1.165, 1.54) is 6.20 Å². The monoisotopic (exact) mass is 850 g/mol. The number of benzene rings is 2. The smallest absolute Gasteiger partial charge is 0.277 e. The number of hydrogen-bond donors (Lipinski definition) is 2. The fraction of sp³-hybridized carbons (Fsp3) is 0.267. The van der Waals surface area contributed by atoms with Gasteiger partial charge in [0, 0.05) is 50.5 Å².